The zero-order valence-electron chi connectivity index (χ0n) is 15.7. The van der Waals surface area contributed by atoms with Crippen LogP contribution < -0.4 is 10.6 Å². The number of thioether (sulfide) groups is 1. The predicted octanol–water partition coefficient (Wildman–Crippen LogP) is 3.95. The summed E-state index contributed by atoms with van der Waals surface area (Å²) in [5.74, 6) is 2.31. The second kappa shape index (κ2) is 8.94. The number of nitrogens with one attached hydrogen (secondary N) is 2. The van der Waals surface area contributed by atoms with E-state index in [1.54, 1.807) is 18.0 Å². The van der Waals surface area contributed by atoms with Gasteiger partial charge in [-0.05, 0) is 30.9 Å². The molecule has 0 aliphatic carbocycles. The van der Waals surface area contributed by atoms with Crippen molar-refractivity contribution in [3.63, 3.8) is 0 Å². The van der Waals surface area contributed by atoms with Crippen molar-refractivity contribution in [1.82, 2.24) is 15.6 Å². The number of hydrogen-bond acceptors (Lipinski definition) is 4. The van der Waals surface area contributed by atoms with Crippen LogP contribution in [0.1, 0.15) is 44.9 Å². The van der Waals surface area contributed by atoms with Crippen LogP contribution in [0.3, 0.4) is 0 Å². The standard InChI is InChI=1S/C19H28N4OS/c1-6-20-18(22-11-14-7-9-15(25-5)10-8-14)23-13-17-21-12-16(24-17)19(2,3)4/h7-10,12H,6,11,13H2,1-5H3,(H2,20,22,23). The van der Waals surface area contributed by atoms with Gasteiger partial charge in [0.15, 0.2) is 5.96 Å². The average molecular weight is 361 g/mol. The summed E-state index contributed by atoms with van der Waals surface area (Å²) in [6.07, 6.45) is 3.88. The number of aliphatic imine (C=N–C) groups is 1. The van der Waals surface area contributed by atoms with E-state index in [9.17, 15) is 0 Å². The van der Waals surface area contributed by atoms with E-state index in [-0.39, 0.29) is 5.41 Å². The van der Waals surface area contributed by atoms with Crippen LogP contribution in [0.2, 0.25) is 0 Å². The lowest BCUT2D eigenvalue weighted by Crippen LogP contribution is -2.36. The summed E-state index contributed by atoms with van der Waals surface area (Å²) >= 11 is 1.74. The van der Waals surface area contributed by atoms with Crippen LogP contribution in [-0.2, 0) is 18.5 Å². The van der Waals surface area contributed by atoms with Crippen LogP contribution >= 0.6 is 11.8 Å². The predicted molar refractivity (Wildman–Crippen MR) is 105 cm³/mol. The van der Waals surface area contributed by atoms with Gasteiger partial charge in [0.05, 0.1) is 19.3 Å². The maximum absolute atomic E-state index is 5.81. The van der Waals surface area contributed by atoms with Crippen molar-refractivity contribution in [3.8, 4) is 0 Å². The average Bonchev–Trinajstić information content (AvgIpc) is 3.07. The number of rotatable bonds is 6. The Balaban J connectivity index is 1.96. The Kier molecular flexibility index (Phi) is 6.93. The van der Waals surface area contributed by atoms with Gasteiger partial charge >= 0.3 is 0 Å². The Hall–Kier alpha value is -1.95. The molecule has 0 fully saturated rings. The molecule has 0 saturated heterocycles. The molecule has 0 atom stereocenters. The summed E-state index contributed by atoms with van der Waals surface area (Å²) < 4.78 is 5.81. The fourth-order valence-electron chi connectivity index (χ4n) is 2.14. The van der Waals surface area contributed by atoms with Gasteiger partial charge < -0.3 is 15.1 Å². The summed E-state index contributed by atoms with van der Waals surface area (Å²) in [4.78, 5) is 10.2. The molecule has 0 aliphatic rings. The first-order valence-corrected chi connectivity index (χ1v) is 9.75. The van der Waals surface area contributed by atoms with Gasteiger partial charge in [-0.15, -0.1) is 11.8 Å². The highest BCUT2D eigenvalue weighted by Gasteiger charge is 2.19. The van der Waals surface area contributed by atoms with Crippen molar-refractivity contribution in [1.29, 1.82) is 0 Å². The molecule has 136 valence electrons. The molecule has 2 aromatic rings. The molecule has 1 heterocycles. The molecule has 2 rings (SSSR count). The lowest BCUT2D eigenvalue weighted by atomic mass is 9.94. The molecule has 0 saturated carbocycles. The maximum Gasteiger partial charge on any atom is 0.213 e. The quantitative estimate of drug-likeness (QED) is 0.464. The Morgan fingerprint density at radius 3 is 2.48 bits per heavy atom. The number of guanidine groups is 1. The molecular formula is C19H28N4OS. The number of benzene rings is 1. The summed E-state index contributed by atoms with van der Waals surface area (Å²) in [7, 11) is 0. The van der Waals surface area contributed by atoms with E-state index in [4.69, 9.17) is 4.42 Å². The van der Waals surface area contributed by atoms with E-state index >= 15 is 0 Å². The van der Waals surface area contributed by atoms with Gasteiger partial charge in [0.2, 0.25) is 5.89 Å². The number of oxazole rings is 1. The lowest BCUT2D eigenvalue weighted by molar-refractivity contribution is 0.379. The van der Waals surface area contributed by atoms with Crippen LogP contribution in [0.5, 0.6) is 0 Å². The Morgan fingerprint density at radius 2 is 1.92 bits per heavy atom. The van der Waals surface area contributed by atoms with Gasteiger partial charge in [-0.3, -0.25) is 0 Å². The molecule has 1 aromatic heterocycles. The summed E-state index contributed by atoms with van der Waals surface area (Å²) in [5.41, 5.74) is 1.15. The van der Waals surface area contributed by atoms with E-state index in [0.29, 0.717) is 19.0 Å². The minimum atomic E-state index is -0.0349. The highest BCUT2D eigenvalue weighted by molar-refractivity contribution is 7.98. The topological polar surface area (TPSA) is 62.5 Å². The smallest absolute Gasteiger partial charge is 0.213 e. The van der Waals surface area contributed by atoms with Gasteiger partial charge in [0.1, 0.15) is 5.76 Å². The van der Waals surface area contributed by atoms with Crippen LogP contribution in [0, 0.1) is 0 Å². The van der Waals surface area contributed by atoms with E-state index < -0.39 is 0 Å². The molecule has 0 radical (unpaired) electrons. The Morgan fingerprint density at radius 1 is 1.20 bits per heavy atom. The summed E-state index contributed by atoms with van der Waals surface area (Å²) in [5, 5.41) is 6.52. The fourth-order valence-corrected chi connectivity index (χ4v) is 2.55. The van der Waals surface area contributed by atoms with Crippen LogP contribution in [0.4, 0.5) is 0 Å². The highest BCUT2D eigenvalue weighted by Crippen LogP contribution is 2.22. The lowest BCUT2D eigenvalue weighted by Gasteiger charge is -2.13. The van der Waals surface area contributed by atoms with E-state index in [2.05, 4.69) is 71.9 Å². The van der Waals surface area contributed by atoms with Crippen LogP contribution in [0.15, 0.2) is 44.8 Å². The zero-order chi connectivity index (χ0) is 18.3. The molecule has 0 spiro atoms. The van der Waals surface area contributed by atoms with Crippen LogP contribution in [0.25, 0.3) is 0 Å². The van der Waals surface area contributed by atoms with Crippen molar-refractivity contribution in [2.75, 3.05) is 12.8 Å². The molecule has 2 N–H and O–H groups in total. The van der Waals surface area contributed by atoms with E-state index in [1.807, 2.05) is 6.92 Å². The first-order chi connectivity index (χ1) is 11.9. The molecule has 0 bridgehead atoms. The van der Waals surface area contributed by atoms with Crippen molar-refractivity contribution < 1.29 is 4.42 Å². The normalized spacial score (nSPS) is 12.3. The van der Waals surface area contributed by atoms with Crippen molar-refractivity contribution in [2.24, 2.45) is 4.99 Å². The number of nitrogens with zero attached hydrogens (tertiary/aromatic N) is 2. The summed E-state index contributed by atoms with van der Waals surface area (Å²) in [6.45, 7) is 10.3. The zero-order valence-corrected chi connectivity index (χ0v) is 16.5. The van der Waals surface area contributed by atoms with Gasteiger partial charge in [0.25, 0.3) is 0 Å². The first kappa shape index (κ1) is 19.4. The van der Waals surface area contributed by atoms with Gasteiger partial charge in [0, 0.05) is 16.9 Å². The maximum atomic E-state index is 5.81. The fraction of sp³-hybridized carbons (Fsp3) is 0.474. The number of hydrogen-bond donors (Lipinski definition) is 2. The van der Waals surface area contributed by atoms with Gasteiger partial charge in [-0.1, -0.05) is 32.9 Å². The molecule has 0 aliphatic heterocycles. The first-order valence-electron chi connectivity index (χ1n) is 8.52. The van der Waals surface area contributed by atoms with Gasteiger partial charge in [-0.2, -0.15) is 0 Å². The third-order valence-corrected chi connectivity index (χ3v) is 4.37. The second-order valence-corrected chi connectivity index (χ2v) is 7.64. The molecule has 0 unspecified atom stereocenters. The third kappa shape index (κ3) is 6.12. The van der Waals surface area contributed by atoms with E-state index in [1.165, 1.54) is 10.5 Å². The molecular weight excluding hydrogens is 332 g/mol. The number of aromatic nitrogens is 1. The molecule has 1 aromatic carbocycles. The SMILES string of the molecule is CCNC(=NCc1ccc(SC)cc1)NCc1ncc(C(C)(C)C)o1. The van der Waals surface area contributed by atoms with Gasteiger partial charge in [-0.25, -0.2) is 9.98 Å². The molecule has 6 heteroatoms. The largest absolute Gasteiger partial charge is 0.443 e. The Labute approximate surface area is 154 Å². The molecule has 0 amide bonds. The monoisotopic (exact) mass is 360 g/mol. The summed E-state index contributed by atoms with van der Waals surface area (Å²) in [6, 6.07) is 8.47. The van der Waals surface area contributed by atoms with Crippen molar-refractivity contribution in [2.45, 2.75) is 51.1 Å². The minimum absolute atomic E-state index is 0.0349. The Bertz CT molecular complexity index is 686. The van der Waals surface area contributed by atoms with Crippen molar-refractivity contribution in [3.05, 3.63) is 47.7 Å². The molecule has 5 nitrogen and oxygen atoms in total. The van der Waals surface area contributed by atoms with E-state index in [0.717, 1.165) is 18.3 Å². The second-order valence-electron chi connectivity index (χ2n) is 6.77. The van der Waals surface area contributed by atoms with Crippen LogP contribution in [-0.4, -0.2) is 23.7 Å². The minimum Gasteiger partial charge on any atom is -0.443 e. The highest BCUT2D eigenvalue weighted by atomic mass is 32.2. The van der Waals surface area contributed by atoms with Crippen molar-refractivity contribution >= 4 is 17.7 Å². The third-order valence-electron chi connectivity index (χ3n) is 3.62. The molecule has 25 heavy (non-hydrogen) atoms.